The SMILES string of the molecule is Cc1ccc2c(c1)OC(c1ccc([N+](=O)[O-])s1)N2. The molecule has 3 rings (SSSR count). The van der Waals surface area contributed by atoms with Gasteiger partial charge >= 0.3 is 5.00 Å². The lowest BCUT2D eigenvalue weighted by Gasteiger charge is -2.07. The van der Waals surface area contributed by atoms with Crippen molar-refractivity contribution >= 4 is 22.0 Å². The van der Waals surface area contributed by atoms with Gasteiger partial charge < -0.3 is 10.1 Å². The van der Waals surface area contributed by atoms with Gasteiger partial charge in [0, 0.05) is 6.07 Å². The van der Waals surface area contributed by atoms with E-state index in [9.17, 15) is 10.1 Å². The Labute approximate surface area is 107 Å². The number of hydrogen-bond donors (Lipinski definition) is 1. The second-order valence-corrected chi connectivity index (χ2v) is 5.17. The van der Waals surface area contributed by atoms with E-state index in [1.165, 1.54) is 6.07 Å². The number of nitrogens with zero attached hydrogens (tertiary/aromatic N) is 1. The van der Waals surface area contributed by atoms with Crippen molar-refractivity contribution in [1.82, 2.24) is 0 Å². The summed E-state index contributed by atoms with van der Waals surface area (Å²) in [7, 11) is 0. The Hall–Kier alpha value is -2.08. The smallest absolute Gasteiger partial charge is 0.324 e. The molecule has 1 aromatic carbocycles. The Morgan fingerprint density at radius 2 is 2.22 bits per heavy atom. The van der Waals surface area contributed by atoms with Gasteiger partial charge in [-0.3, -0.25) is 10.1 Å². The fourth-order valence-corrected chi connectivity index (χ4v) is 2.66. The Morgan fingerprint density at radius 1 is 1.39 bits per heavy atom. The molecule has 1 unspecified atom stereocenters. The van der Waals surface area contributed by atoms with Crippen LogP contribution in [-0.2, 0) is 0 Å². The van der Waals surface area contributed by atoms with Crippen LogP contribution in [0.5, 0.6) is 5.75 Å². The van der Waals surface area contributed by atoms with Gasteiger partial charge in [0.15, 0.2) is 0 Å². The van der Waals surface area contributed by atoms with Crippen molar-refractivity contribution in [3.8, 4) is 5.75 Å². The van der Waals surface area contributed by atoms with Crippen molar-refractivity contribution in [3.63, 3.8) is 0 Å². The first-order chi connectivity index (χ1) is 8.63. The van der Waals surface area contributed by atoms with Crippen LogP contribution in [-0.4, -0.2) is 4.92 Å². The van der Waals surface area contributed by atoms with E-state index in [0.29, 0.717) is 0 Å². The lowest BCUT2D eigenvalue weighted by molar-refractivity contribution is -0.380. The molecule has 0 fully saturated rings. The van der Waals surface area contributed by atoms with Crippen LogP contribution in [0.25, 0.3) is 0 Å². The molecule has 1 aromatic heterocycles. The summed E-state index contributed by atoms with van der Waals surface area (Å²) in [6, 6.07) is 9.12. The number of nitrogens with one attached hydrogen (secondary N) is 1. The quantitative estimate of drug-likeness (QED) is 0.664. The minimum absolute atomic E-state index is 0.127. The third-order valence-corrected chi connectivity index (χ3v) is 3.80. The largest absolute Gasteiger partial charge is 0.463 e. The van der Waals surface area contributed by atoms with Gasteiger partial charge in [0.1, 0.15) is 5.75 Å². The summed E-state index contributed by atoms with van der Waals surface area (Å²) in [6.07, 6.45) is -0.333. The molecular weight excluding hydrogens is 252 g/mol. The normalized spacial score (nSPS) is 16.8. The predicted octanol–water partition coefficient (Wildman–Crippen LogP) is 3.47. The summed E-state index contributed by atoms with van der Waals surface area (Å²) < 4.78 is 5.74. The molecule has 2 aromatic rings. The molecule has 92 valence electrons. The zero-order chi connectivity index (χ0) is 12.7. The van der Waals surface area contributed by atoms with Gasteiger partial charge in [0.05, 0.1) is 15.5 Å². The Kier molecular flexibility index (Phi) is 2.45. The van der Waals surface area contributed by atoms with Crippen LogP contribution in [0.3, 0.4) is 0 Å². The molecule has 1 aliphatic heterocycles. The molecule has 1 aliphatic rings. The Morgan fingerprint density at radius 3 is 2.94 bits per heavy atom. The van der Waals surface area contributed by atoms with Gasteiger partial charge in [-0.2, -0.15) is 0 Å². The zero-order valence-electron chi connectivity index (χ0n) is 9.54. The maximum absolute atomic E-state index is 10.6. The molecule has 0 spiro atoms. The maximum atomic E-state index is 10.6. The zero-order valence-corrected chi connectivity index (χ0v) is 10.4. The van der Waals surface area contributed by atoms with Gasteiger partial charge in [-0.05, 0) is 30.7 Å². The maximum Gasteiger partial charge on any atom is 0.324 e. The van der Waals surface area contributed by atoms with E-state index in [4.69, 9.17) is 4.74 Å². The van der Waals surface area contributed by atoms with E-state index in [0.717, 1.165) is 33.2 Å². The minimum atomic E-state index is -0.388. The molecule has 5 nitrogen and oxygen atoms in total. The minimum Gasteiger partial charge on any atom is -0.463 e. The van der Waals surface area contributed by atoms with Gasteiger partial charge in [-0.15, -0.1) is 0 Å². The lowest BCUT2D eigenvalue weighted by Crippen LogP contribution is -2.07. The number of anilines is 1. The van der Waals surface area contributed by atoms with Crippen molar-refractivity contribution in [1.29, 1.82) is 0 Å². The molecule has 0 saturated carbocycles. The average Bonchev–Trinajstić information content (AvgIpc) is 2.93. The average molecular weight is 262 g/mol. The van der Waals surface area contributed by atoms with Crippen molar-refractivity contribution in [3.05, 3.63) is 50.9 Å². The van der Waals surface area contributed by atoms with E-state index in [2.05, 4.69) is 5.32 Å². The summed E-state index contributed by atoms with van der Waals surface area (Å²) in [6.45, 7) is 1.99. The lowest BCUT2D eigenvalue weighted by atomic mass is 10.2. The van der Waals surface area contributed by atoms with Crippen LogP contribution in [0.4, 0.5) is 10.7 Å². The molecule has 0 saturated heterocycles. The van der Waals surface area contributed by atoms with E-state index < -0.39 is 0 Å². The van der Waals surface area contributed by atoms with Gasteiger partial charge in [-0.25, -0.2) is 0 Å². The third-order valence-electron chi connectivity index (χ3n) is 2.72. The summed E-state index contributed by atoms with van der Waals surface area (Å²) in [4.78, 5) is 11.1. The number of nitro groups is 1. The fraction of sp³-hybridized carbons (Fsp3) is 0.167. The van der Waals surface area contributed by atoms with Crippen molar-refractivity contribution in [2.24, 2.45) is 0 Å². The Balaban J connectivity index is 1.86. The monoisotopic (exact) mass is 262 g/mol. The summed E-state index contributed by atoms with van der Waals surface area (Å²) in [5, 5.41) is 14.0. The van der Waals surface area contributed by atoms with Gasteiger partial charge in [-0.1, -0.05) is 17.4 Å². The molecular formula is C12H10N2O3S. The number of hydrogen-bond acceptors (Lipinski definition) is 5. The highest BCUT2D eigenvalue weighted by atomic mass is 32.1. The van der Waals surface area contributed by atoms with Crippen LogP contribution in [0.2, 0.25) is 0 Å². The summed E-state index contributed by atoms with van der Waals surface area (Å²) in [5.74, 6) is 0.788. The highest BCUT2D eigenvalue weighted by molar-refractivity contribution is 7.15. The van der Waals surface area contributed by atoms with Crippen LogP contribution in [0.15, 0.2) is 30.3 Å². The van der Waals surface area contributed by atoms with Crippen LogP contribution in [0, 0.1) is 17.0 Å². The predicted molar refractivity (Wildman–Crippen MR) is 69.1 cm³/mol. The summed E-state index contributed by atoms with van der Waals surface area (Å²) in [5.41, 5.74) is 2.04. The standard InChI is InChI=1S/C12H10N2O3S/c1-7-2-3-8-9(6-7)17-12(13-8)10-4-5-11(18-10)14(15)16/h2-6,12-13H,1H3. The molecule has 0 radical (unpaired) electrons. The number of rotatable bonds is 2. The highest BCUT2D eigenvalue weighted by Gasteiger charge is 2.26. The first-order valence-electron chi connectivity index (χ1n) is 5.41. The molecule has 2 heterocycles. The van der Waals surface area contributed by atoms with E-state index >= 15 is 0 Å². The molecule has 0 bridgehead atoms. The van der Waals surface area contributed by atoms with E-state index in [1.54, 1.807) is 6.07 Å². The molecule has 6 heteroatoms. The fourth-order valence-electron chi connectivity index (χ4n) is 1.85. The van der Waals surface area contributed by atoms with Crippen molar-refractivity contribution in [2.75, 3.05) is 5.32 Å². The van der Waals surface area contributed by atoms with E-state index in [-0.39, 0.29) is 16.2 Å². The van der Waals surface area contributed by atoms with Gasteiger partial charge in [0.2, 0.25) is 6.23 Å². The number of ether oxygens (including phenoxy) is 1. The molecule has 0 amide bonds. The van der Waals surface area contributed by atoms with Crippen molar-refractivity contribution in [2.45, 2.75) is 13.2 Å². The second-order valence-electron chi connectivity index (χ2n) is 4.07. The van der Waals surface area contributed by atoms with Crippen molar-refractivity contribution < 1.29 is 9.66 Å². The molecule has 1 atom stereocenters. The summed E-state index contributed by atoms with van der Waals surface area (Å²) >= 11 is 1.13. The highest BCUT2D eigenvalue weighted by Crippen LogP contribution is 2.41. The van der Waals surface area contributed by atoms with Crippen LogP contribution < -0.4 is 10.1 Å². The van der Waals surface area contributed by atoms with E-state index in [1.807, 2.05) is 25.1 Å². The molecule has 1 N–H and O–H groups in total. The number of benzene rings is 1. The number of fused-ring (bicyclic) bond motifs is 1. The second kappa shape index (κ2) is 3.99. The third kappa shape index (κ3) is 1.80. The first-order valence-corrected chi connectivity index (χ1v) is 6.23. The molecule has 0 aliphatic carbocycles. The molecule has 18 heavy (non-hydrogen) atoms. The van der Waals surface area contributed by atoms with Crippen LogP contribution >= 0.6 is 11.3 Å². The topological polar surface area (TPSA) is 64.4 Å². The number of aryl methyl sites for hydroxylation is 1. The first kappa shape index (κ1) is 11.0. The van der Waals surface area contributed by atoms with Gasteiger partial charge in [0.25, 0.3) is 0 Å². The number of thiophene rings is 1. The Bertz CT molecular complexity index is 624. The van der Waals surface area contributed by atoms with Crippen LogP contribution in [0.1, 0.15) is 16.7 Å².